The zero-order valence-electron chi connectivity index (χ0n) is 7.84. The minimum atomic E-state index is 0.187. The number of carbonyl (C=O) groups excluding carboxylic acids is 1. The molecule has 1 amide bonds. The monoisotopic (exact) mass is 245 g/mol. The number of rotatable bonds is 4. The van der Waals surface area contributed by atoms with Gasteiger partial charge >= 0.3 is 0 Å². The topological polar surface area (TPSA) is 20.3 Å². The van der Waals surface area contributed by atoms with Gasteiger partial charge in [-0.25, -0.2) is 0 Å². The third kappa shape index (κ3) is 3.94. The molecule has 0 aromatic heterocycles. The molecule has 1 aliphatic rings. The second kappa shape index (κ2) is 6.19. The molecule has 0 unspecified atom stereocenters. The van der Waals surface area contributed by atoms with E-state index in [4.69, 9.17) is 0 Å². The zero-order valence-corrected chi connectivity index (χ0v) is 9.42. The summed E-state index contributed by atoms with van der Waals surface area (Å²) < 4.78 is 0. The maximum Gasteiger partial charge on any atom is 0.246 e. The molecule has 0 N–H and O–H groups in total. The van der Waals surface area contributed by atoms with Gasteiger partial charge in [-0.15, -0.1) is 0 Å². The number of carbonyl (C=O) groups is 1. The van der Waals surface area contributed by atoms with Crippen molar-refractivity contribution in [2.45, 2.75) is 25.7 Å². The first-order valence-corrected chi connectivity index (χ1v) is 5.98. The molecular weight excluding hydrogens is 230 g/mol. The number of likely N-dealkylation sites (tertiary alicyclic amines) is 1. The Kier molecular flexibility index (Phi) is 5.13. The van der Waals surface area contributed by atoms with Gasteiger partial charge in [0.25, 0.3) is 0 Å². The molecule has 1 fully saturated rings. The first-order chi connectivity index (χ1) is 6.34. The average molecular weight is 246 g/mol. The number of nitrogens with zero attached hydrogens (tertiary/aromatic N) is 1. The predicted octanol–water partition coefficient (Wildman–Crippen LogP) is 2.34. The van der Waals surface area contributed by atoms with Gasteiger partial charge in [-0.1, -0.05) is 22.0 Å². The van der Waals surface area contributed by atoms with Crippen LogP contribution in [0, 0.1) is 0 Å². The van der Waals surface area contributed by atoms with Crippen LogP contribution >= 0.6 is 15.9 Å². The van der Waals surface area contributed by atoms with Crippen LogP contribution in [0.15, 0.2) is 12.2 Å². The summed E-state index contributed by atoms with van der Waals surface area (Å²) in [6, 6.07) is 0. The summed E-state index contributed by atoms with van der Waals surface area (Å²) in [6.45, 7) is 1.89. The van der Waals surface area contributed by atoms with E-state index in [1.807, 2.05) is 11.0 Å². The van der Waals surface area contributed by atoms with Crippen LogP contribution < -0.4 is 0 Å². The Balaban J connectivity index is 2.19. The summed E-state index contributed by atoms with van der Waals surface area (Å²) in [5.41, 5.74) is 0. The summed E-state index contributed by atoms with van der Waals surface area (Å²) in [7, 11) is 0. The van der Waals surface area contributed by atoms with Crippen LogP contribution in [0.4, 0.5) is 0 Å². The predicted molar refractivity (Wildman–Crippen MR) is 58.0 cm³/mol. The lowest BCUT2D eigenvalue weighted by Gasteiger charge is -2.11. The van der Waals surface area contributed by atoms with E-state index in [2.05, 4.69) is 15.9 Å². The van der Waals surface area contributed by atoms with E-state index in [-0.39, 0.29) is 5.91 Å². The molecule has 0 radical (unpaired) electrons. The molecule has 1 rings (SSSR count). The van der Waals surface area contributed by atoms with E-state index in [0.29, 0.717) is 0 Å². The van der Waals surface area contributed by atoms with Gasteiger partial charge in [0.2, 0.25) is 5.91 Å². The molecule has 3 heteroatoms. The minimum Gasteiger partial charge on any atom is -0.339 e. The fraction of sp³-hybridized carbons (Fsp3) is 0.700. The fourth-order valence-corrected chi connectivity index (χ4v) is 1.75. The molecule has 2 nitrogen and oxygen atoms in total. The van der Waals surface area contributed by atoms with Crippen molar-refractivity contribution >= 4 is 21.8 Å². The van der Waals surface area contributed by atoms with Gasteiger partial charge in [0.15, 0.2) is 0 Å². The molecule has 74 valence electrons. The van der Waals surface area contributed by atoms with Gasteiger partial charge < -0.3 is 4.90 Å². The van der Waals surface area contributed by atoms with Crippen LogP contribution in [0.5, 0.6) is 0 Å². The third-order valence-electron chi connectivity index (χ3n) is 2.18. The smallest absolute Gasteiger partial charge is 0.246 e. The molecule has 0 atom stereocenters. The number of hydrogen-bond donors (Lipinski definition) is 0. The molecule has 0 aliphatic carbocycles. The summed E-state index contributed by atoms with van der Waals surface area (Å²) in [4.78, 5) is 13.4. The highest BCUT2D eigenvalue weighted by Crippen LogP contribution is 2.07. The first-order valence-electron chi connectivity index (χ1n) is 4.86. The van der Waals surface area contributed by atoms with Crippen LogP contribution in [0.2, 0.25) is 0 Å². The molecule has 0 spiro atoms. The number of hydrogen-bond acceptors (Lipinski definition) is 1. The van der Waals surface area contributed by atoms with E-state index in [1.54, 1.807) is 6.08 Å². The van der Waals surface area contributed by atoms with Gasteiger partial charge in [0.1, 0.15) is 0 Å². The second-order valence-corrected chi connectivity index (χ2v) is 4.06. The lowest BCUT2D eigenvalue weighted by molar-refractivity contribution is -0.125. The summed E-state index contributed by atoms with van der Waals surface area (Å²) >= 11 is 3.35. The molecular formula is C10H16BrNO. The van der Waals surface area contributed by atoms with Crippen molar-refractivity contribution in [3.63, 3.8) is 0 Å². The molecule has 13 heavy (non-hydrogen) atoms. The Labute approximate surface area is 88.1 Å². The van der Waals surface area contributed by atoms with Gasteiger partial charge in [-0.2, -0.15) is 0 Å². The third-order valence-corrected chi connectivity index (χ3v) is 2.74. The maximum absolute atomic E-state index is 11.4. The van der Waals surface area contributed by atoms with Gasteiger partial charge in [-0.05, 0) is 31.8 Å². The van der Waals surface area contributed by atoms with Crippen molar-refractivity contribution < 1.29 is 4.79 Å². The van der Waals surface area contributed by atoms with Crippen LogP contribution in [-0.2, 0) is 4.79 Å². The van der Waals surface area contributed by atoms with Crippen molar-refractivity contribution in [1.82, 2.24) is 4.90 Å². The number of alkyl halides is 1. The van der Waals surface area contributed by atoms with E-state index in [1.165, 1.54) is 12.8 Å². The molecule has 0 saturated carbocycles. The van der Waals surface area contributed by atoms with E-state index >= 15 is 0 Å². The average Bonchev–Trinajstić information content (AvgIpc) is 2.65. The lowest BCUT2D eigenvalue weighted by atomic mass is 10.3. The van der Waals surface area contributed by atoms with Gasteiger partial charge in [0.05, 0.1) is 0 Å². The fourth-order valence-electron chi connectivity index (χ4n) is 1.42. The molecule has 1 aliphatic heterocycles. The Morgan fingerprint density at radius 2 is 2.08 bits per heavy atom. The first kappa shape index (κ1) is 10.8. The van der Waals surface area contributed by atoms with Crippen LogP contribution in [0.25, 0.3) is 0 Å². The molecule has 0 bridgehead atoms. The highest BCUT2D eigenvalue weighted by Gasteiger charge is 2.14. The molecule has 0 aromatic carbocycles. The summed E-state index contributed by atoms with van der Waals surface area (Å²) in [5, 5.41) is 1.01. The number of allylic oxidation sites excluding steroid dienone is 1. The van der Waals surface area contributed by atoms with Crippen LogP contribution in [0.1, 0.15) is 25.7 Å². The van der Waals surface area contributed by atoms with E-state index in [9.17, 15) is 4.79 Å². The van der Waals surface area contributed by atoms with Crippen molar-refractivity contribution in [3.8, 4) is 0 Å². The standard InChI is InChI=1S/C10H16BrNO/c11-7-3-1-2-6-10(13)12-8-4-5-9-12/h2,6H,1,3-5,7-9H2/b6-2+. The summed E-state index contributed by atoms with van der Waals surface area (Å²) in [5.74, 6) is 0.187. The summed E-state index contributed by atoms with van der Waals surface area (Å²) in [6.07, 6.45) is 8.12. The lowest BCUT2D eigenvalue weighted by Crippen LogP contribution is -2.25. The second-order valence-electron chi connectivity index (χ2n) is 3.27. The van der Waals surface area contributed by atoms with Crippen molar-refractivity contribution in [1.29, 1.82) is 0 Å². The largest absolute Gasteiger partial charge is 0.339 e. The minimum absolute atomic E-state index is 0.187. The van der Waals surface area contributed by atoms with Gasteiger partial charge in [0, 0.05) is 18.4 Å². The Morgan fingerprint density at radius 1 is 1.38 bits per heavy atom. The number of amides is 1. The highest BCUT2D eigenvalue weighted by atomic mass is 79.9. The van der Waals surface area contributed by atoms with Crippen molar-refractivity contribution in [3.05, 3.63) is 12.2 Å². The van der Waals surface area contributed by atoms with Crippen LogP contribution in [0.3, 0.4) is 0 Å². The molecule has 1 heterocycles. The highest BCUT2D eigenvalue weighted by molar-refractivity contribution is 9.09. The SMILES string of the molecule is O=C(/C=C/CCCBr)N1CCCC1. The zero-order chi connectivity index (χ0) is 9.52. The maximum atomic E-state index is 11.4. The quantitative estimate of drug-likeness (QED) is 0.423. The number of halogens is 1. The molecule has 0 aromatic rings. The van der Waals surface area contributed by atoms with Crippen molar-refractivity contribution in [2.24, 2.45) is 0 Å². The van der Waals surface area contributed by atoms with Crippen molar-refractivity contribution in [2.75, 3.05) is 18.4 Å². The Hall–Kier alpha value is -0.310. The normalized spacial score (nSPS) is 17.2. The number of unbranched alkanes of at least 4 members (excludes halogenated alkanes) is 1. The Morgan fingerprint density at radius 3 is 2.69 bits per heavy atom. The molecule has 1 saturated heterocycles. The van der Waals surface area contributed by atoms with Crippen LogP contribution in [-0.4, -0.2) is 29.2 Å². The Bertz CT molecular complexity index is 185. The van der Waals surface area contributed by atoms with E-state index in [0.717, 1.165) is 31.3 Å². The van der Waals surface area contributed by atoms with E-state index < -0.39 is 0 Å². The van der Waals surface area contributed by atoms with Gasteiger partial charge in [-0.3, -0.25) is 4.79 Å².